The molecule has 0 saturated carbocycles. The van der Waals surface area contributed by atoms with Crippen molar-refractivity contribution in [2.75, 3.05) is 66.3 Å². The van der Waals surface area contributed by atoms with Crippen molar-refractivity contribution in [2.24, 2.45) is 5.41 Å². The van der Waals surface area contributed by atoms with Gasteiger partial charge in [-0.25, -0.2) is 9.59 Å². The van der Waals surface area contributed by atoms with Gasteiger partial charge in [-0.3, -0.25) is 19.2 Å². The maximum Gasteiger partial charge on any atom is 0.407 e. The standard InChI is InChI=1S/C38H71N5O11/c1-8-53-35(48)41-24-14-22-39-31(44)18-26-51-28-30(29-52-27-19-32(45)40-23-15-25-42-36(49)54-37(2,3)4)43-33(46)16-11-13-21-38(5,6)20-12-9-10-17-34(47)50-7/h30H,8-29H2,1-7H3,(H,39,44)(H,40,45)(H,41,48)(H,42,49)(H,43,46). The lowest BCUT2D eigenvalue weighted by molar-refractivity contribution is -0.140. The van der Waals surface area contributed by atoms with E-state index in [0.29, 0.717) is 51.9 Å². The number of hydrogen-bond acceptors (Lipinski definition) is 11. The molecule has 314 valence electrons. The van der Waals surface area contributed by atoms with Crippen molar-refractivity contribution in [2.45, 2.75) is 137 Å². The smallest absolute Gasteiger partial charge is 0.407 e. The van der Waals surface area contributed by atoms with Crippen LogP contribution in [0.4, 0.5) is 9.59 Å². The molecule has 0 aromatic rings. The summed E-state index contributed by atoms with van der Waals surface area (Å²) in [4.78, 5) is 71.6. The summed E-state index contributed by atoms with van der Waals surface area (Å²) in [5, 5.41) is 13.8. The number of nitrogens with one attached hydrogen (secondary N) is 5. The van der Waals surface area contributed by atoms with Gasteiger partial charge < -0.3 is 50.3 Å². The molecule has 0 saturated heterocycles. The number of esters is 1. The molecule has 0 aliphatic rings. The van der Waals surface area contributed by atoms with Crippen LogP contribution in [-0.4, -0.2) is 114 Å². The predicted molar refractivity (Wildman–Crippen MR) is 205 cm³/mol. The Balaban J connectivity index is 4.61. The molecule has 0 heterocycles. The molecule has 16 heteroatoms. The van der Waals surface area contributed by atoms with E-state index in [4.69, 9.17) is 23.7 Å². The Labute approximate surface area is 323 Å². The molecule has 54 heavy (non-hydrogen) atoms. The van der Waals surface area contributed by atoms with Crippen molar-refractivity contribution in [3.05, 3.63) is 0 Å². The molecule has 1 unspecified atom stereocenters. The van der Waals surface area contributed by atoms with E-state index in [2.05, 4.69) is 40.4 Å². The lowest BCUT2D eigenvalue weighted by Crippen LogP contribution is -2.42. The molecule has 0 bridgehead atoms. The average molecular weight is 774 g/mol. The number of ether oxygens (including phenoxy) is 5. The molecule has 16 nitrogen and oxygen atoms in total. The van der Waals surface area contributed by atoms with E-state index in [1.165, 1.54) is 7.11 Å². The van der Waals surface area contributed by atoms with E-state index in [9.17, 15) is 28.8 Å². The Kier molecular flexibility index (Phi) is 28.6. The first kappa shape index (κ1) is 50.3. The highest BCUT2D eigenvalue weighted by atomic mass is 16.6. The maximum atomic E-state index is 12.9. The summed E-state index contributed by atoms with van der Waals surface area (Å²) >= 11 is 0. The second-order valence-corrected chi connectivity index (χ2v) is 14.9. The first-order chi connectivity index (χ1) is 25.6. The number of hydrogen-bond donors (Lipinski definition) is 5. The first-order valence-electron chi connectivity index (χ1n) is 19.5. The number of methoxy groups -OCH3 is 1. The highest BCUT2D eigenvalue weighted by Gasteiger charge is 2.19. The predicted octanol–water partition coefficient (Wildman–Crippen LogP) is 4.28. The number of carbonyl (C=O) groups is 6. The zero-order chi connectivity index (χ0) is 40.7. The van der Waals surface area contributed by atoms with Crippen LogP contribution in [-0.2, 0) is 42.9 Å². The third kappa shape index (κ3) is 32.9. The minimum absolute atomic E-state index is 0.123. The van der Waals surface area contributed by atoms with Gasteiger partial charge in [0.05, 0.1) is 46.2 Å². The minimum atomic E-state index is -0.580. The molecular weight excluding hydrogens is 702 g/mol. The molecule has 0 radical (unpaired) electrons. The summed E-state index contributed by atoms with van der Waals surface area (Å²) < 4.78 is 26.1. The molecule has 0 fully saturated rings. The number of amides is 5. The van der Waals surface area contributed by atoms with Gasteiger partial charge in [0.2, 0.25) is 17.7 Å². The van der Waals surface area contributed by atoms with Gasteiger partial charge in [0, 0.05) is 51.9 Å². The average Bonchev–Trinajstić information content (AvgIpc) is 3.09. The molecule has 5 N–H and O–H groups in total. The molecule has 1 atom stereocenters. The fraction of sp³-hybridized carbons (Fsp3) is 0.842. The monoisotopic (exact) mass is 774 g/mol. The largest absolute Gasteiger partial charge is 0.469 e. The fourth-order valence-electron chi connectivity index (χ4n) is 5.06. The lowest BCUT2D eigenvalue weighted by Gasteiger charge is -2.24. The fourth-order valence-corrected chi connectivity index (χ4v) is 5.06. The number of alkyl carbamates (subject to hydrolysis) is 2. The van der Waals surface area contributed by atoms with E-state index in [1.807, 2.05) is 0 Å². The van der Waals surface area contributed by atoms with Crippen molar-refractivity contribution in [3.63, 3.8) is 0 Å². The SMILES string of the molecule is CCOC(=O)NCCCNC(=O)CCOCC(COCCC(=O)NCCCNC(=O)OC(C)(C)C)NC(=O)CCCCC(C)(C)CCCCCC(=O)OC. The first-order valence-corrected chi connectivity index (χ1v) is 19.5. The van der Waals surface area contributed by atoms with Gasteiger partial charge in [-0.15, -0.1) is 0 Å². The van der Waals surface area contributed by atoms with Gasteiger partial charge in [0.15, 0.2) is 0 Å². The van der Waals surface area contributed by atoms with E-state index in [-0.39, 0.29) is 75.0 Å². The Hall–Kier alpha value is -3.66. The van der Waals surface area contributed by atoms with Gasteiger partial charge in [0.25, 0.3) is 0 Å². The zero-order valence-electron chi connectivity index (χ0n) is 34.1. The third-order valence-corrected chi connectivity index (χ3v) is 7.98. The topological polar surface area (TPSA) is 209 Å². The van der Waals surface area contributed by atoms with Gasteiger partial charge in [-0.2, -0.15) is 0 Å². The number of rotatable bonds is 31. The number of carbonyl (C=O) groups excluding carboxylic acids is 6. The molecule has 0 aliphatic carbocycles. The summed E-state index contributed by atoms with van der Waals surface area (Å²) in [7, 11) is 1.41. The maximum absolute atomic E-state index is 12.9. The van der Waals surface area contributed by atoms with E-state index in [1.54, 1.807) is 27.7 Å². The Bertz CT molecular complexity index is 1080. The zero-order valence-corrected chi connectivity index (χ0v) is 34.1. The van der Waals surface area contributed by atoms with Crippen molar-refractivity contribution >= 4 is 35.9 Å². The highest BCUT2D eigenvalue weighted by Crippen LogP contribution is 2.30. The van der Waals surface area contributed by atoms with Gasteiger partial charge >= 0.3 is 18.2 Å². The van der Waals surface area contributed by atoms with Crippen molar-refractivity contribution < 1.29 is 52.5 Å². The van der Waals surface area contributed by atoms with Crippen molar-refractivity contribution in [1.29, 1.82) is 0 Å². The molecule has 0 aromatic carbocycles. The van der Waals surface area contributed by atoms with E-state index in [0.717, 1.165) is 44.9 Å². The normalized spacial score (nSPS) is 11.9. The molecule has 0 aromatic heterocycles. The summed E-state index contributed by atoms with van der Waals surface area (Å²) in [6.07, 6.45) is 7.65. The van der Waals surface area contributed by atoms with Crippen LogP contribution in [0, 0.1) is 5.41 Å². The number of unbranched alkanes of at least 4 members (excludes halogenated alkanes) is 3. The lowest BCUT2D eigenvalue weighted by atomic mass is 9.82. The second kappa shape index (κ2) is 30.6. The molecule has 0 spiro atoms. The molecule has 5 amide bonds. The van der Waals surface area contributed by atoms with Crippen molar-refractivity contribution in [1.82, 2.24) is 26.6 Å². The summed E-state index contributed by atoms with van der Waals surface area (Å²) in [6, 6.07) is -0.474. The van der Waals surface area contributed by atoms with Crippen LogP contribution in [0.1, 0.15) is 125 Å². The summed E-state index contributed by atoms with van der Waals surface area (Å²) in [5.41, 5.74) is -0.440. The Morgan fingerprint density at radius 1 is 0.574 bits per heavy atom. The van der Waals surface area contributed by atoms with Crippen LogP contribution in [0.25, 0.3) is 0 Å². The third-order valence-electron chi connectivity index (χ3n) is 7.98. The molecule has 0 aliphatic heterocycles. The Morgan fingerprint density at radius 2 is 1.07 bits per heavy atom. The Morgan fingerprint density at radius 3 is 1.59 bits per heavy atom. The summed E-state index contributed by atoms with van der Waals surface area (Å²) in [6.45, 7) is 13.9. The van der Waals surface area contributed by atoms with Gasteiger partial charge in [0.1, 0.15) is 5.60 Å². The van der Waals surface area contributed by atoms with Crippen LogP contribution in [0.2, 0.25) is 0 Å². The van der Waals surface area contributed by atoms with Crippen LogP contribution < -0.4 is 26.6 Å². The van der Waals surface area contributed by atoms with Crippen molar-refractivity contribution in [3.8, 4) is 0 Å². The van der Waals surface area contributed by atoms with Gasteiger partial charge in [-0.05, 0) is 71.6 Å². The van der Waals surface area contributed by atoms with Crippen LogP contribution in [0.15, 0.2) is 0 Å². The molecule has 0 rings (SSSR count). The minimum Gasteiger partial charge on any atom is -0.469 e. The molecular formula is C38H71N5O11. The van der Waals surface area contributed by atoms with Crippen LogP contribution >= 0.6 is 0 Å². The van der Waals surface area contributed by atoms with E-state index >= 15 is 0 Å². The highest BCUT2D eigenvalue weighted by molar-refractivity contribution is 5.77. The van der Waals surface area contributed by atoms with E-state index < -0.39 is 23.8 Å². The van der Waals surface area contributed by atoms with Gasteiger partial charge in [-0.1, -0.05) is 33.1 Å². The second-order valence-electron chi connectivity index (χ2n) is 14.9. The van der Waals surface area contributed by atoms with Crippen LogP contribution in [0.5, 0.6) is 0 Å². The van der Waals surface area contributed by atoms with Crippen LogP contribution in [0.3, 0.4) is 0 Å². The summed E-state index contributed by atoms with van der Waals surface area (Å²) in [5.74, 6) is -0.693. The quantitative estimate of drug-likeness (QED) is 0.0382.